The van der Waals surface area contributed by atoms with Gasteiger partial charge in [-0.05, 0) is 17.7 Å². The minimum atomic E-state index is -0.964. The van der Waals surface area contributed by atoms with E-state index in [2.05, 4.69) is 0 Å². The summed E-state index contributed by atoms with van der Waals surface area (Å²) in [6, 6.07) is 12.3. The van der Waals surface area contributed by atoms with Crippen molar-refractivity contribution >= 4 is 17.7 Å². The van der Waals surface area contributed by atoms with E-state index >= 15 is 0 Å². The third-order valence-corrected chi connectivity index (χ3v) is 4.00. The number of halogens is 2. The summed E-state index contributed by atoms with van der Waals surface area (Å²) in [6.45, 7) is 0. The summed E-state index contributed by atoms with van der Waals surface area (Å²) in [7, 11) is 0. The van der Waals surface area contributed by atoms with Gasteiger partial charge < -0.3 is 5.11 Å². The minimum absolute atomic E-state index is 0.133. The molecule has 5 heteroatoms. The molecular weight excluding hydrogens is 282 g/mol. The molecule has 0 radical (unpaired) electrons. The van der Waals surface area contributed by atoms with Crippen LogP contribution in [0.1, 0.15) is 17.2 Å². The summed E-state index contributed by atoms with van der Waals surface area (Å²) in [6.07, 6.45) is -0.133. The van der Waals surface area contributed by atoms with E-state index in [-0.39, 0.29) is 11.3 Å². The molecule has 0 bridgehead atoms. The molecule has 0 aliphatic carbocycles. The topological polar surface area (TPSA) is 37.3 Å². The highest BCUT2D eigenvalue weighted by molar-refractivity contribution is 7.99. The normalized spacial score (nSPS) is 12.1. The number of benzene rings is 2. The average Bonchev–Trinajstić information content (AvgIpc) is 2.41. The number of hydrogen-bond acceptors (Lipinski definition) is 2. The van der Waals surface area contributed by atoms with Crippen LogP contribution in [0.2, 0.25) is 0 Å². The van der Waals surface area contributed by atoms with Crippen molar-refractivity contribution in [2.24, 2.45) is 0 Å². The van der Waals surface area contributed by atoms with Crippen LogP contribution >= 0.6 is 11.8 Å². The second kappa shape index (κ2) is 6.52. The lowest BCUT2D eigenvalue weighted by Crippen LogP contribution is -2.03. The van der Waals surface area contributed by atoms with Crippen LogP contribution in [0.3, 0.4) is 0 Å². The monoisotopic (exact) mass is 294 g/mol. The molecule has 0 saturated heterocycles. The summed E-state index contributed by atoms with van der Waals surface area (Å²) in [5, 5.41) is 8.55. The Hall–Kier alpha value is -1.88. The maximum Gasteiger partial charge on any atom is 0.304 e. The number of hydrogen-bond donors (Lipinski definition) is 1. The van der Waals surface area contributed by atoms with Crippen molar-refractivity contribution in [2.75, 3.05) is 0 Å². The molecule has 0 spiro atoms. The summed E-state index contributed by atoms with van der Waals surface area (Å²) in [5.74, 6) is -2.29. The first-order chi connectivity index (χ1) is 9.56. The van der Waals surface area contributed by atoms with E-state index < -0.39 is 22.9 Å². The van der Waals surface area contributed by atoms with Crippen LogP contribution in [0.15, 0.2) is 53.4 Å². The molecule has 0 aliphatic rings. The molecule has 2 nitrogen and oxygen atoms in total. The Balaban J connectivity index is 2.26. The first-order valence-electron chi connectivity index (χ1n) is 5.94. The predicted octanol–water partition coefficient (Wildman–Crippen LogP) is 4.27. The van der Waals surface area contributed by atoms with Gasteiger partial charge in [-0.2, -0.15) is 0 Å². The van der Waals surface area contributed by atoms with Crippen molar-refractivity contribution in [2.45, 2.75) is 16.6 Å². The number of carboxylic acids is 1. The molecule has 20 heavy (non-hydrogen) atoms. The molecule has 2 aromatic carbocycles. The summed E-state index contributed by atoms with van der Waals surface area (Å²) >= 11 is 1.08. The molecule has 104 valence electrons. The molecule has 2 rings (SSSR count). The lowest BCUT2D eigenvalue weighted by molar-refractivity contribution is -0.137. The predicted molar refractivity (Wildman–Crippen MR) is 73.7 cm³/mol. The number of rotatable bonds is 5. The smallest absolute Gasteiger partial charge is 0.304 e. The zero-order valence-corrected chi connectivity index (χ0v) is 11.2. The Labute approximate surface area is 119 Å². The van der Waals surface area contributed by atoms with E-state index in [1.807, 2.05) is 6.07 Å². The van der Waals surface area contributed by atoms with Crippen molar-refractivity contribution in [3.05, 3.63) is 65.7 Å². The minimum Gasteiger partial charge on any atom is -0.481 e. The Morgan fingerprint density at radius 1 is 1.15 bits per heavy atom. The van der Waals surface area contributed by atoms with Crippen molar-refractivity contribution < 1.29 is 18.7 Å². The average molecular weight is 294 g/mol. The van der Waals surface area contributed by atoms with Crippen LogP contribution < -0.4 is 0 Å². The lowest BCUT2D eigenvalue weighted by Gasteiger charge is -2.15. The maximum atomic E-state index is 13.7. The molecule has 1 N–H and O–H groups in total. The fourth-order valence-corrected chi connectivity index (χ4v) is 2.92. The third kappa shape index (κ3) is 3.81. The van der Waals surface area contributed by atoms with Crippen LogP contribution in [0.25, 0.3) is 0 Å². The fourth-order valence-electron chi connectivity index (χ4n) is 1.78. The molecule has 1 unspecified atom stereocenters. The zero-order chi connectivity index (χ0) is 14.5. The van der Waals surface area contributed by atoms with E-state index in [1.165, 1.54) is 6.07 Å². The number of aliphatic carboxylic acids is 1. The SMILES string of the molecule is O=C(O)CC(Sc1ccc(F)cc1F)c1ccccc1. The van der Waals surface area contributed by atoms with Crippen molar-refractivity contribution in [1.29, 1.82) is 0 Å². The molecule has 0 aliphatic heterocycles. The number of thioether (sulfide) groups is 1. The largest absolute Gasteiger partial charge is 0.481 e. The molecule has 2 aromatic rings. The van der Waals surface area contributed by atoms with E-state index in [0.29, 0.717) is 0 Å². The van der Waals surface area contributed by atoms with E-state index in [4.69, 9.17) is 5.11 Å². The Bertz CT molecular complexity index is 602. The highest BCUT2D eigenvalue weighted by atomic mass is 32.2. The van der Waals surface area contributed by atoms with Gasteiger partial charge in [0.05, 0.1) is 6.42 Å². The summed E-state index contributed by atoms with van der Waals surface area (Å²) in [5.41, 5.74) is 0.795. The van der Waals surface area contributed by atoms with Crippen LogP contribution in [-0.4, -0.2) is 11.1 Å². The molecular formula is C15H12F2O2S. The zero-order valence-electron chi connectivity index (χ0n) is 10.4. The van der Waals surface area contributed by atoms with Gasteiger partial charge in [0.1, 0.15) is 11.6 Å². The Kier molecular flexibility index (Phi) is 4.74. The van der Waals surface area contributed by atoms with Gasteiger partial charge in [0.2, 0.25) is 0 Å². The molecule has 0 heterocycles. The lowest BCUT2D eigenvalue weighted by atomic mass is 10.1. The Morgan fingerprint density at radius 3 is 2.45 bits per heavy atom. The Morgan fingerprint density at radius 2 is 1.85 bits per heavy atom. The van der Waals surface area contributed by atoms with Crippen LogP contribution in [0, 0.1) is 11.6 Å². The fraction of sp³-hybridized carbons (Fsp3) is 0.133. The van der Waals surface area contributed by atoms with E-state index in [9.17, 15) is 13.6 Å². The quantitative estimate of drug-likeness (QED) is 0.837. The summed E-state index contributed by atoms with van der Waals surface area (Å²) in [4.78, 5) is 11.2. The highest BCUT2D eigenvalue weighted by Gasteiger charge is 2.18. The third-order valence-electron chi connectivity index (χ3n) is 2.69. The highest BCUT2D eigenvalue weighted by Crippen LogP contribution is 2.38. The van der Waals surface area contributed by atoms with Crippen molar-refractivity contribution in [3.63, 3.8) is 0 Å². The molecule has 1 atom stereocenters. The van der Waals surface area contributed by atoms with Gasteiger partial charge in [-0.25, -0.2) is 8.78 Å². The van der Waals surface area contributed by atoms with Gasteiger partial charge in [-0.3, -0.25) is 4.79 Å². The van der Waals surface area contributed by atoms with Gasteiger partial charge >= 0.3 is 5.97 Å². The number of carboxylic acid groups (broad SMARTS) is 1. The van der Waals surface area contributed by atoms with Gasteiger partial charge in [-0.1, -0.05) is 30.3 Å². The first-order valence-corrected chi connectivity index (χ1v) is 6.82. The summed E-state index contributed by atoms with van der Waals surface area (Å²) < 4.78 is 26.5. The molecule has 0 fully saturated rings. The molecule has 0 aromatic heterocycles. The van der Waals surface area contributed by atoms with Gasteiger partial charge in [0.25, 0.3) is 0 Å². The van der Waals surface area contributed by atoms with Gasteiger partial charge in [-0.15, -0.1) is 11.8 Å². The first kappa shape index (κ1) is 14.5. The molecule has 0 saturated carbocycles. The maximum absolute atomic E-state index is 13.7. The van der Waals surface area contributed by atoms with Crippen molar-refractivity contribution in [1.82, 2.24) is 0 Å². The molecule has 0 amide bonds. The van der Waals surface area contributed by atoms with Crippen LogP contribution in [0.4, 0.5) is 8.78 Å². The van der Waals surface area contributed by atoms with E-state index in [1.54, 1.807) is 24.3 Å². The van der Waals surface area contributed by atoms with E-state index in [0.717, 1.165) is 29.5 Å². The second-order valence-electron chi connectivity index (χ2n) is 4.19. The van der Waals surface area contributed by atoms with Crippen LogP contribution in [-0.2, 0) is 4.79 Å². The number of carbonyl (C=O) groups is 1. The second-order valence-corrected chi connectivity index (χ2v) is 5.43. The van der Waals surface area contributed by atoms with Crippen LogP contribution in [0.5, 0.6) is 0 Å². The van der Waals surface area contributed by atoms with Gasteiger partial charge in [0, 0.05) is 16.2 Å². The standard InChI is InChI=1S/C15H12F2O2S/c16-11-6-7-13(12(17)8-11)20-14(9-15(18)19)10-4-2-1-3-5-10/h1-8,14H,9H2,(H,18,19). The van der Waals surface area contributed by atoms with Gasteiger partial charge in [0.15, 0.2) is 0 Å². The van der Waals surface area contributed by atoms with Crippen molar-refractivity contribution in [3.8, 4) is 0 Å².